The van der Waals surface area contributed by atoms with Crippen molar-refractivity contribution in [2.24, 2.45) is 5.92 Å². The predicted octanol–water partition coefficient (Wildman–Crippen LogP) is 4.12. The number of Topliss-reactive ketones (excluding diaryl/α,β-unsaturated/α-hetero) is 1. The maximum atomic E-state index is 12.4. The summed E-state index contributed by atoms with van der Waals surface area (Å²) in [6, 6.07) is 0. The summed E-state index contributed by atoms with van der Waals surface area (Å²) in [5.74, 6) is 0.957. The number of ketones is 1. The molecule has 0 aromatic rings. The Kier molecular flexibility index (Phi) is 6.18. The van der Waals surface area contributed by atoms with Crippen molar-refractivity contribution < 1.29 is 9.53 Å². The number of hydrogen-bond donors (Lipinski definition) is 0. The topological polar surface area (TPSA) is 26.3 Å². The van der Waals surface area contributed by atoms with Crippen molar-refractivity contribution in [3.63, 3.8) is 0 Å². The molecule has 0 aromatic carbocycles. The summed E-state index contributed by atoms with van der Waals surface area (Å²) in [7, 11) is 0. The monoisotopic (exact) mass is 240 g/mol. The zero-order valence-electron chi connectivity index (χ0n) is 11.8. The van der Waals surface area contributed by atoms with Gasteiger partial charge in [0.2, 0.25) is 0 Å². The first-order valence-electron chi connectivity index (χ1n) is 7.28. The van der Waals surface area contributed by atoms with Crippen molar-refractivity contribution in [1.29, 1.82) is 0 Å². The molecule has 1 aliphatic rings. The first-order valence-corrected chi connectivity index (χ1v) is 7.28. The average molecular weight is 240 g/mol. The Bertz CT molecular complexity index is 225. The van der Waals surface area contributed by atoms with Gasteiger partial charge in [-0.05, 0) is 32.1 Å². The molecular weight excluding hydrogens is 212 g/mol. The summed E-state index contributed by atoms with van der Waals surface area (Å²) >= 11 is 0. The van der Waals surface area contributed by atoms with E-state index >= 15 is 0 Å². The number of carbonyl (C=O) groups is 1. The lowest BCUT2D eigenvalue weighted by molar-refractivity contribution is -0.146. The van der Waals surface area contributed by atoms with E-state index < -0.39 is 5.60 Å². The van der Waals surface area contributed by atoms with Crippen molar-refractivity contribution in [1.82, 2.24) is 0 Å². The zero-order chi connectivity index (χ0) is 12.7. The van der Waals surface area contributed by atoms with E-state index in [0.29, 0.717) is 24.7 Å². The highest BCUT2D eigenvalue weighted by Gasteiger charge is 2.38. The lowest BCUT2D eigenvalue weighted by atomic mass is 9.86. The Morgan fingerprint density at radius 1 is 1.18 bits per heavy atom. The third-order valence-corrected chi connectivity index (χ3v) is 3.79. The van der Waals surface area contributed by atoms with Crippen LogP contribution in [0.2, 0.25) is 0 Å². The minimum atomic E-state index is -0.430. The van der Waals surface area contributed by atoms with Crippen LogP contribution in [-0.4, -0.2) is 18.0 Å². The highest BCUT2D eigenvalue weighted by atomic mass is 16.5. The minimum absolute atomic E-state index is 0.356. The summed E-state index contributed by atoms with van der Waals surface area (Å²) in [6.07, 6.45) is 8.38. The predicted molar refractivity (Wildman–Crippen MR) is 71.1 cm³/mol. The molecule has 17 heavy (non-hydrogen) atoms. The summed E-state index contributed by atoms with van der Waals surface area (Å²) < 4.78 is 5.89. The summed E-state index contributed by atoms with van der Waals surface area (Å²) in [6.45, 7) is 7.01. The Labute approximate surface area is 106 Å². The second-order valence-electron chi connectivity index (χ2n) is 5.70. The molecule has 0 saturated heterocycles. The molecule has 0 amide bonds. The fraction of sp³-hybridized carbons (Fsp3) is 0.933. The van der Waals surface area contributed by atoms with Crippen molar-refractivity contribution in [2.45, 2.75) is 77.7 Å². The minimum Gasteiger partial charge on any atom is -0.368 e. The highest BCUT2D eigenvalue weighted by molar-refractivity contribution is 5.87. The second-order valence-corrected chi connectivity index (χ2v) is 5.70. The van der Waals surface area contributed by atoms with Gasteiger partial charge in [-0.2, -0.15) is 0 Å². The van der Waals surface area contributed by atoms with Crippen molar-refractivity contribution in [2.75, 3.05) is 6.61 Å². The van der Waals surface area contributed by atoms with Gasteiger partial charge in [0.25, 0.3) is 0 Å². The summed E-state index contributed by atoms with van der Waals surface area (Å²) in [5, 5.41) is 0. The van der Waals surface area contributed by atoms with Gasteiger partial charge in [-0.25, -0.2) is 0 Å². The van der Waals surface area contributed by atoms with E-state index in [4.69, 9.17) is 4.74 Å². The molecule has 1 aliphatic carbocycles. The Hall–Kier alpha value is -0.370. The van der Waals surface area contributed by atoms with Crippen LogP contribution in [0.3, 0.4) is 0 Å². The Balaban J connectivity index is 2.64. The molecule has 0 aromatic heterocycles. The van der Waals surface area contributed by atoms with Crippen LogP contribution in [-0.2, 0) is 9.53 Å². The SMILES string of the molecule is CCOC1(C(=O)CCC(C)C)CCCCCC1. The fourth-order valence-electron chi connectivity index (χ4n) is 2.73. The molecule has 0 N–H and O–H groups in total. The van der Waals surface area contributed by atoms with E-state index in [-0.39, 0.29) is 0 Å². The van der Waals surface area contributed by atoms with E-state index in [0.717, 1.165) is 32.1 Å². The van der Waals surface area contributed by atoms with Crippen LogP contribution >= 0.6 is 0 Å². The molecule has 100 valence electrons. The molecule has 0 aliphatic heterocycles. The van der Waals surface area contributed by atoms with Crippen molar-refractivity contribution in [3.8, 4) is 0 Å². The largest absolute Gasteiger partial charge is 0.368 e. The molecule has 0 radical (unpaired) electrons. The van der Waals surface area contributed by atoms with Gasteiger partial charge in [-0.3, -0.25) is 4.79 Å². The van der Waals surface area contributed by atoms with Crippen molar-refractivity contribution in [3.05, 3.63) is 0 Å². The summed E-state index contributed by atoms with van der Waals surface area (Å²) in [5.41, 5.74) is -0.430. The summed E-state index contributed by atoms with van der Waals surface area (Å²) in [4.78, 5) is 12.4. The highest BCUT2D eigenvalue weighted by Crippen LogP contribution is 2.33. The maximum Gasteiger partial charge on any atom is 0.164 e. The van der Waals surface area contributed by atoms with E-state index in [1.807, 2.05) is 6.92 Å². The molecule has 0 atom stereocenters. The van der Waals surface area contributed by atoms with Gasteiger partial charge in [0, 0.05) is 13.0 Å². The third kappa shape index (κ3) is 4.42. The average Bonchev–Trinajstić information content (AvgIpc) is 2.53. The van der Waals surface area contributed by atoms with Crippen LogP contribution in [0.25, 0.3) is 0 Å². The first-order chi connectivity index (χ1) is 8.10. The molecule has 1 fully saturated rings. The molecule has 0 bridgehead atoms. The molecule has 2 nitrogen and oxygen atoms in total. The van der Waals surface area contributed by atoms with E-state index in [9.17, 15) is 4.79 Å². The van der Waals surface area contributed by atoms with E-state index in [2.05, 4.69) is 13.8 Å². The molecule has 0 unspecified atom stereocenters. The van der Waals surface area contributed by atoms with Crippen LogP contribution in [0.15, 0.2) is 0 Å². The normalized spacial score (nSPS) is 20.2. The molecule has 0 heterocycles. The molecule has 0 spiro atoms. The number of hydrogen-bond acceptors (Lipinski definition) is 2. The van der Waals surface area contributed by atoms with Gasteiger partial charge in [-0.1, -0.05) is 39.5 Å². The lowest BCUT2D eigenvalue weighted by Crippen LogP contribution is -2.41. The van der Waals surface area contributed by atoms with Crippen LogP contribution in [0.4, 0.5) is 0 Å². The standard InChI is InChI=1S/C15H28O2/c1-4-17-15(11-7-5-6-8-12-15)14(16)10-9-13(2)3/h13H,4-12H2,1-3H3. The fourth-order valence-corrected chi connectivity index (χ4v) is 2.73. The van der Waals surface area contributed by atoms with Gasteiger partial charge < -0.3 is 4.74 Å². The zero-order valence-corrected chi connectivity index (χ0v) is 11.8. The van der Waals surface area contributed by atoms with Crippen molar-refractivity contribution >= 4 is 5.78 Å². The number of carbonyl (C=O) groups excluding carboxylic acids is 1. The Morgan fingerprint density at radius 3 is 2.24 bits per heavy atom. The van der Waals surface area contributed by atoms with Gasteiger partial charge in [-0.15, -0.1) is 0 Å². The van der Waals surface area contributed by atoms with Gasteiger partial charge in [0.15, 0.2) is 5.78 Å². The van der Waals surface area contributed by atoms with E-state index in [1.54, 1.807) is 0 Å². The number of ether oxygens (including phenoxy) is 1. The van der Waals surface area contributed by atoms with Gasteiger partial charge in [0.05, 0.1) is 0 Å². The smallest absolute Gasteiger partial charge is 0.164 e. The van der Waals surface area contributed by atoms with Gasteiger partial charge >= 0.3 is 0 Å². The van der Waals surface area contributed by atoms with Crippen LogP contribution < -0.4 is 0 Å². The first kappa shape index (κ1) is 14.7. The molecular formula is C15H28O2. The van der Waals surface area contributed by atoms with Crippen LogP contribution in [0.5, 0.6) is 0 Å². The molecule has 1 saturated carbocycles. The maximum absolute atomic E-state index is 12.4. The van der Waals surface area contributed by atoms with Gasteiger partial charge in [0.1, 0.15) is 5.60 Å². The lowest BCUT2D eigenvalue weighted by Gasteiger charge is -2.31. The van der Waals surface area contributed by atoms with Crippen LogP contribution in [0.1, 0.15) is 72.1 Å². The molecule has 1 rings (SSSR count). The van der Waals surface area contributed by atoms with Crippen LogP contribution in [0, 0.1) is 5.92 Å². The molecule has 2 heteroatoms. The number of rotatable bonds is 6. The third-order valence-electron chi connectivity index (χ3n) is 3.79. The second kappa shape index (κ2) is 7.15. The Morgan fingerprint density at radius 2 is 1.76 bits per heavy atom. The van der Waals surface area contributed by atoms with E-state index in [1.165, 1.54) is 12.8 Å². The quantitative estimate of drug-likeness (QED) is 0.653.